The Bertz CT molecular complexity index is 1740. The fourth-order valence-corrected chi connectivity index (χ4v) is 9.57. The van der Waals surface area contributed by atoms with Gasteiger partial charge >= 0.3 is 18.3 Å². The minimum absolute atomic E-state index is 0.0135. The van der Waals surface area contributed by atoms with E-state index in [2.05, 4.69) is 29.5 Å². The van der Waals surface area contributed by atoms with Gasteiger partial charge in [-0.15, -0.1) is 6.58 Å². The van der Waals surface area contributed by atoms with Crippen LogP contribution in [0.3, 0.4) is 0 Å². The van der Waals surface area contributed by atoms with Crippen molar-refractivity contribution in [3.63, 3.8) is 0 Å². The molecule has 72 heavy (non-hydrogen) atoms. The van der Waals surface area contributed by atoms with E-state index in [4.69, 9.17) is 157 Å². The number of amides is 3. The van der Waals surface area contributed by atoms with Gasteiger partial charge in [0.05, 0.1) is 75.6 Å². The van der Waals surface area contributed by atoms with Gasteiger partial charge in [-0.05, 0) is 47.3 Å². The second-order valence-corrected chi connectivity index (χ2v) is 26.8. The molecule has 0 aromatic heterocycles. The summed E-state index contributed by atoms with van der Waals surface area (Å²) in [5, 5.41) is 18.5. The number of aliphatic hydroxyl groups is 1. The smallest absolute Gasteiger partial charge is 0.407 e. The maximum atomic E-state index is 13.2. The average molecular weight is 1210 g/mol. The molecule has 4 aliphatic heterocycles. The van der Waals surface area contributed by atoms with Crippen LogP contribution in [-0.4, -0.2) is 155 Å². The van der Waals surface area contributed by atoms with Gasteiger partial charge < -0.3 is 73.2 Å². The highest BCUT2D eigenvalue weighted by Gasteiger charge is 2.49. The van der Waals surface area contributed by atoms with Crippen molar-refractivity contribution < 1.29 is 71.6 Å². The van der Waals surface area contributed by atoms with Crippen molar-refractivity contribution in [2.45, 2.75) is 141 Å². The second kappa shape index (κ2) is 28.6. The highest BCUT2D eigenvalue weighted by molar-refractivity contribution is 6.68. The number of carbonyl (C=O) groups is 3. The van der Waals surface area contributed by atoms with Crippen LogP contribution >= 0.6 is 104 Å². The zero-order valence-corrected chi connectivity index (χ0v) is 48.4. The molecule has 18 nitrogen and oxygen atoms in total. The quantitative estimate of drug-likeness (QED) is 0.0540. The first-order valence-corrected chi connectivity index (χ1v) is 27.1. The van der Waals surface area contributed by atoms with Crippen LogP contribution in [0.5, 0.6) is 0 Å². The predicted molar refractivity (Wildman–Crippen MR) is 274 cm³/mol. The molecule has 4 rings (SSSR count). The van der Waals surface area contributed by atoms with Crippen molar-refractivity contribution >= 4 is 123 Å². The Labute approximate surface area is 467 Å². The zero-order valence-electron chi connectivity index (χ0n) is 41.6. The van der Waals surface area contributed by atoms with Gasteiger partial charge in [-0.25, -0.2) is 14.4 Å². The van der Waals surface area contributed by atoms with Crippen LogP contribution in [0.15, 0.2) is 12.7 Å². The monoisotopic (exact) mass is 1210 g/mol. The van der Waals surface area contributed by atoms with Gasteiger partial charge in [0, 0.05) is 5.92 Å². The lowest BCUT2D eigenvalue weighted by Crippen LogP contribution is -2.62. The zero-order chi connectivity index (χ0) is 54.0. The molecule has 0 aromatic rings. The second-order valence-electron chi connectivity index (χ2n) is 19.3. The third kappa shape index (κ3) is 19.3. The third-order valence-corrected chi connectivity index (χ3v) is 15.5. The van der Waals surface area contributed by atoms with E-state index >= 15 is 0 Å². The highest BCUT2D eigenvalue weighted by Crippen LogP contribution is 2.40. The summed E-state index contributed by atoms with van der Waals surface area (Å²) in [5.74, 6) is -1.44. The molecule has 3 amide bonds. The van der Waals surface area contributed by atoms with Crippen LogP contribution < -0.4 is 16.0 Å². The van der Waals surface area contributed by atoms with E-state index in [0.29, 0.717) is 0 Å². The summed E-state index contributed by atoms with van der Waals surface area (Å²) in [6.07, 6.45) is -7.24. The fraction of sp³-hybridized carbons (Fsp3) is 0.889. The van der Waals surface area contributed by atoms with E-state index in [1.54, 1.807) is 0 Å². The molecule has 4 N–H and O–H groups in total. The number of nitrogens with one attached hydrogen (secondary N) is 3. The third-order valence-electron chi connectivity index (χ3n) is 14.5. The van der Waals surface area contributed by atoms with Crippen molar-refractivity contribution in [3.8, 4) is 0 Å². The highest BCUT2D eigenvalue weighted by atomic mass is 35.6. The lowest BCUT2D eigenvalue weighted by atomic mass is 9.79. The Morgan fingerprint density at radius 3 is 1.06 bits per heavy atom. The number of aliphatic hydroxyl groups excluding tert-OH is 1. The summed E-state index contributed by atoms with van der Waals surface area (Å²) in [4.78, 5) is 39.2. The normalized spacial score (nSPS) is 37.8. The number of carbonyl (C=O) groups excluding carboxylic acids is 3. The van der Waals surface area contributed by atoms with Gasteiger partial charge in [0.1, 0.15) is 19.8 Å². The summed E-state index contributed by atoms with van der Waals surface area (Å²) >= 11 is 52.7. The number of rotatable bonds is 19. The summed E-state index contributed by atoms with van der Waals surface area (Å²) in [6, 6.07) is -2.33. The Balaban J connectivity index is 1.57. The Morgan fingerprint density at radius 2 is 0.750 bits per heavy atom. The van der Waals surface area contributed by atoms with Gasteiger partial charge in [-0.2, -0.15) is 0 Å². The van der Waals surface area contributed by atoms with E-state index in [9.17, 15) is 19.5 Å². The van der Waals surface area contributed by atoms with Gasteiger partial charge in [0.25, 0.3) is 0 Å². The Hall–Kier alpha value is -0.200. The number of halogens is 9. The molecule has 27 heteroatoms. The molecular weight excluding hydrogens is 1140 g/mol. The maximum Gasteiger partial charge on any atom is 0.407 e. The largest absolute Gasteiger partial charge is 0.445 e. The Kier molecular flexibility index (Phi) is 25.6. The topological polar surface area (TPSA) is 209 Å². The van der Waals surface area contributed by atoms with Crippen LogP contribution in [0.25, 0.3) is 0 Å². The first-order chi connectivity index (χ1) is 33.4. The minimum atomic E-state index is -1.88. The summed E-state index contributed by atoms with van der Waals surface area (Å²) in [6.45, 7) is 19.7. The number of alkyl halides is 9. The van der Waals surface area contributed by atoms with Crippen LogP contribution in [-0.2, 0) is 52.1 Å². The Morgan fingerprint density at radius 1 is 0.458 bits per heavy atom. The van der Waals surface area contributed by atoms with E-state index in [1.165, 1.54) is 6.08 Å². The molecule has 0 radical (unpaired) electrons. The number of ether oxygens (including phenoxy) is 11. The molecule has 0 saturated carbocycles. The van der Waals surface area contributed by atoms with Crippen LogP contribution in [0, 0.1) is 53.3 Å². The lowest BCUT2D eigenvalue weighted by Gasteiger charge is -2.48. The van der Waals surface area contributed by atoms with E-state index in [1.807, 2.05) is 55.4 Å². The van der Waals surface area contributed by atoms with Crippen molar-refractivity contribution in [1.29, 1.82) is 0 Å². The summed E-state index contributed by atoms with van der Waals surface area (Å²) < 4.78 is 61.4. The van der Waals surface area contributed by atoms with E-state index in [-0.39, 0.29) is 86.3 Å². The maximum absolute atomic E-state index is 13.2. The number of hydrogen-bond acceptors (Lipinski definition) is 15. The lowest BCUT2D eigenvalue weighted by molar-refractivity contribution is -0.302. The first-order valence-electron chi connectivity index (χ1n) is 23.7. The molecule has 4 aliphatic rings. The number of alkyl carbamates (subject to hydrolysis) is 3. The van der Waals surface area contributed by atoms with Gasteiger partial charge in [-0.1, -0.05) is 173 Å². The molecule has 418 valence electrons. The molecule has 0 aromatic carbocycles. The molecule has 20 atom stereocenters. The van der Waals surface area contributed by atoms with Crippen molar-refractivity contribution in [2.75, 3.05) is 52.9 Å². The molecule has 0 aliphatic carbocycles. The van der Waals surface area contributed by atoms with Crippen molar-refractivity contribution in [2.24, 2.45) is 53.3 Å². The average Bonchev–Trinajstić information content (AvgIpc) is 3.30. The van der Waals surface area contributed by atoms with Crippen LogP contribution in [0.2, 0.25) is 0 Å². The van der Waals surface area contributed by atoms with Gasteiger partial charge in [0.2, 0.25) is 11.4 Å². The molecular formula is C45H70Cl9N3O15. The standard InChI is InChI=1S/C45H70Cl9N3O15/c1-11-12-62-37-33(55-40(59)66-17-43(46,47)48)25(7)22(4)31(70-37)15-64-39-35(57-42(61)68-19-45(52,53)54)27(9)24(6)32(72-39)16-65-38-34(56-41(60)67-18-44(49,50)51)26(8)23(5)30(71-38)14-63-36-28(10)20(2)21(3)29(13-58)69-36/h11,20-39,58H,1,12-19H2,2-10H3,(H,55,59)(H,56,60)(H,57,61)/t20-,21-,22-,23-,24-,25-,26-,27-,28?,29?,30?,31?,32?,33?,34?,35?,36+,37+,38+,39+/m0/s1. The SMILES string of the molecule is C=CCO[C@@H]1OC(CO[C@@H]2OC(CO[C@@H]3OC(CO[C@@H]4OC(CO)[C@@H](C)[C@H](C)C4C)[C@@H](C)[C@H](C)C3NC(=O)OCC(Cl)(Cl)Cl)[C@@H](C)[C@H](C)C2NC(=O)OCC(Cl)(Cl)Cl)[C@@H](C)[C@H](C)C1NC(=O)OCC(Cl)(Cl)Cl. The molecule has 4 heterocycles. The van der Waals surface area contributed by atoms with Crippen LogP contribution in [0.1, 0.15) is 62.3 Å². The fourth-order valence-electron chi connectivity index (χ4n) is 9.08. The van der Waals surface area contributed by atoms with Crippen molar-refractivity contribution in [3.05, 3.63) is 12.7 Å². The first kappa shape index (κ1) is 64.3. The van der Waals surface area contributed by atoms with Crippen LogP contribution in [0.4, 0.5) is 14.4 Å². The molecule has 4 saturated heterocycles. The molecule has 0 bridgehead atoms. The summed E-state index contributed by atoms with van der Waals surface area (Å²) in [7, 11) is 0. The van der Waals surface area contributed by atoms with Gasteiger partial charge in [0.15, 0.2) is 25.2 Å². The molecule has 4 fully saturated rings. The number of hydrogen-bond donors (Lipinski definition) is 4. The van der Waals surface area contributed by atoms with Crippen molar-refractivity contribution in [1.82, 2.24) is 16.0 Å². The minimum Gasteiger partial charge on any atom is -0.445 e. The predicted octanol–water partition coefficient (Wildman–Crippen LogP) is 9.25. The summed E-state index contributed by atoms with van der Waals surface area (Å²) in [5.41, 5.74) is 0. The molecule has 0 spiro atoms. The molecule has 8 unspecified atom stereocenters. The van der Waals surface area contributed by atoms with E-state index < -0.39 is 117 Å². The van der Waals surface area contributed by atoms with Gasteiger partial charge in [-0.3, -0.25) is 0 Å². The van der Waals surface area contributed by atoms with E-state index in [0.717, 1.165) is 0 Å².